The number of para-hydroxylation sites is 1. The Balaban J connectivity index is 1.36. The van der Waals surface area contributed by atoms with Crippen molar-refractivity contribution in [2.45, 2.75) is 59.0 Å². The molecular formula is C39H46N2O6. The van der Waals surface area contributed by atoms with E-state index in [1.807, 2.05) is 68.4 Å². The molecule has 0 aromatic heterocycles. The minimum atomic E-state index is -0.915. The van der Waals surface area contributed by atoms with E-state index in [9.17, 15) is 24.9 Å². The van der Waals surface area contributed by atoms with Crippen LogP contribution in [-0.2, 0) is 14.3 Å². The number of hydrogen-bond donors (Lipinski definition) is 4. The van der Waals surface area contributed by atoms with E-state index in [1.165, 1.54) is 10.5 Å². The fourth-order valence-corrected chi connectivity index (χ4v) is 7.28. The standard InChI is InChI=1S/C39H46N2O6/c1-5-9-26(20-27-18-24(2)37(44)25(3)19-27)12-17-34(43)35-28(23-47-4)21-32-36(33(35)22-42)39(46)41(38(32)45)31-15-13-30(14-16-31)40-29-10-7-6-8-11-29/h6-8,10-11,13-16,18-20,32-34,36,40,42-44H,5,9,12,17,21-23H2,1-4H3/b26-20+/t32-,33+,34-,36-/m1/s1. The number of imide groups is 1. The summed E-state index contributed by atoms with van der Waals surface area (Å²) in [6, 6.07) is 20.8. The number of hydrogen-bond acceptors (Lipinski definition) is 7. The summed E-state index contributed by atoms with van der Waals surface area (Å²) in [7, 11) is 1.57. The van der Waals surface area contributed by atoms with Gasteiger partial charge in [-0.25, -0.2) is 0 Å². The molecule has 1 fully saturated rings. The smallest absolute Gasteiger partial charge is 0.238 e. The highest BCUT2D eigenvalue weighted by Gasteiger charge is 2.55. The van der Waals surface area contributed by atoms with Crippen molar-refractivity contribution in [3.63, 3.8) is 0 Å². The number of carbonyl (C=O) groups is 2. The van der Waals surface area contributed by atoms with E-state index in [0.717, 1.165) is 46.5 Å². The number of aryl methyl sites for hydroxylation is 2. The number of carbonyl (C=O) groups excluding carboxylic acids is 2. The lowest BCUT2D eigenvalue weighted by Crippen LogP contribution is -2.39. The zero-order valence-corrected chi connectivity index (χ0v) is 27.7. The van der Waals surface area contributed by atoms with E-state index < -0.39 is 23.9 Å². The van der Waals surface area contributed by atoms with Crippen molar-refractivity contribution in [2.24, 2.45) is 17.8 Å². The first-order chi connectivity index (χ1) is 22.7. The molecule has 1 heterocycles. The van der Waals surface area contributed by atoms with Gasteiger partial charge in [0.15, 0.2) is 0 Å². The van der Waals surface area contributed by atoms with Crippen LogP contribution in [-0.4, -0.2) is 53.6 Å². The largest absolute Gasteiger partial charge is 0.507 e. The number of aliphatic hydroxyl groups is 2. The molecule has 0 saturated carbocycles. The van der Waals surface area contributed by atoms with Gasteiger partial charge in [0, 0.05) is 24.4 Å². The SMILES string of the molecule is CCC/C(=C\c1cc(C)c(O)c(C)c1)CC[C@@H](O)C1=C(COC)C[C@H]2C(=O)N(c3ccc(Nc4ccccc4)cc3)C(=O)[C@H]2[C@H]1CO. The Labute approximate surface area is 277 Å². The summed E-state index contributed by atoms with van der Waals surface area (Å²) in [6.45, 7) is 5.72. The predicted octanol–water partition coefficient (Wildman–Crippen LogP) is 6.84. The number of amides is 2. The summed E-state index contributed by atoms with van der Waals surface area (Å²) in [5.74, 6) is -2.46. The Bertz CT molecular complexity index is 1620. The molecule has 1 aliphatic carbocycles. The van der Waals surface area contributed by atoms with E-state index in [-0.39, 0.29) is 25.0 Å². The first-order valence-electron chi connectivity index (χ1n) is 16.5. The van der Waals surface area contributed by atoms with Crippen LogP contribution in [0.15, 0.2) is 83.4 Å². The molecule has 0 bridgehead atoms. The molecule has 0 unspecified atom stereocenters. The number of phenols is 1. The van der Waals surface area contributed by atoms with Gasteiger partial charge in [-0.1, -0.05) is 43.2 Å². The summed E-state index contributed by atoms with van der Waals surface area (Å²) < 4.78 is 5.51. The quantitative estimate of drug-likeness (QED) is 0.120. The van der Waals surface area contributed by atoms with Gasteiger partial charge in [0.1, 0.15) is 5.75 Å². The maximum Gasteiger partial charge on any atom is 0.238 e. The minimum absolute atomic E-state index is 0.206. The number of methoxy groups -OCH3 is 1. The number of phenolic OH excluding ortho intramolecular Hbond substituents is 1. The monoisotopic (exact) mass is 638 g/mol. The van der Waals surface area contributed by atoms with Crippen LogP contribution in [0.4, 0.5) is 17.1 Å². The van der Waals surface area contributed by atoms with Crippen LogP contribution in [0.3, 0.4) is 0 Å². The average Bonchev–Trinajstić information content (AvgIpc) is 3.31. The van der Waals surface area contributed by atoms with Crippen molar-refractivity contribution < 1.29 is 29.6 Å². The molecule has 8 heteroatoms. The summed E-state index contributed by atoms with van der Waals surface area (Å²) >= 11 is 0. The van der Waals surface area contributed by atoms with Gasteiger partial charge in [-0.05, 0) is 116 Å². The molecule has 2 amide bonds. The second kappa shape index (κ2) is 15.1. The first kappa shape index (κ1) is 34.1. The van der Waals surface area contributed by atoms with Crippen LogP contribution in [0, 0.1) is 31.6 Å². The van der Waals surface area contributed by atoms with Gasteiger partial charge in [-0.2, -0.15) is 0 Å². The fourth-order valence-electron chi connectivity index (χ4n) is 7.28. The predicted molar refractivity (Wildman–Crippen MR) is 185 cm³/mol. The number of aliphatic hydroxyl groups excluding tert-OH is 2. The van der Waals surface area contributed by atoms with E-state index >= 15 is 0 Å². The van der Waals surface area contributed by atoms with Crippen molar-refractivity contribution in [3.8, 4) is 5.75 Å². The highest BCUT2D eigenvalue weighted by Crippen LogP contribution is 2.47. The van der Waals surface area contributed by atoms with Crippen LogP contribution >= 0.6 is 0 Å². The number of allylic oxidation sites excluding steroid dienone is 1. The third-order valence-electron chi connectivity index (χ3n) is 9.44. The first-order valence-corrected chi connectivity index (χ1v) is 16.5. The third-order valence-corrected chi connectivity index (χ3v) is 9.44. The van der Waals surface area contributed by atoms with Gasteiger partial charge < -0.3 is 25.4 Å². The van der Waals surface area contributed by atoms with Crippen molar-refractivity contribution >= 4 is 35.0 Å². The summed E-state index contributed by atoms with van der Waals surface area (Å²) in [5.41, 5.74) is 7.43. The molecule has 0 spiro atoms. The highest BCUT2D eigenvalue weighted by atomic mass is 16.5. The summed E-state index contributed by atoms with van der Waals surface area (Å²) in [6.07, 6.45) is 4.31. The van der Waals surface area contributed by atoms with E-state index in [0.29, 0.717) is 36.3 Å². The number of ether oxygens (including phenoxy) is 1. The molecule has 47 heavy (non-hydrogen) atoms. The molecule has 1 saturated heterocycles. The fraction of sp³-hybridized carbons (Fsp3) is 0.385. The number of fused-ring (bicyclic) bond motifs is 1. The molecule has 2 aliphatic rings. The minimum Gasteiger partial charge on any atom is -0.507 e. The molecule has 4 atom stereocenters. The molecule has 1 aliphatic heterocycles. The van der Waals surface area contributed by atoms with Crippen molar-refractivity contribution in [2.75, 3.05) is 30.5 Å². The number of nitrogens with zero attached hydrogens (tertiary/aromatic N) is 1. The van der Waals surface area contributed by atoms with Crippen molar-refractivity contribution in [1.29, 1.82) is 0 Å². The van der Waals surface area contributed by atoms with Crippen LogP contribution in [0.2, 0.25) is 0 Å². The maximum atomic E-state index is 14.0. The molecule has 5 rings (SSSR count). The molecule has 0 radical (unpaired) electrons. The van der Waals surface area contributed by atoms with Gasteiger partial charge >= 0.3 is 0 Å². The summed E-state index contributed by atoms with van der Waals surface area (Å²) in [5, 5.41) is 35.9. The number of benzene rings is 3. The van der Waals surface area contributed by atoms with Crippen LogP contribution < -0.4 is 10.2 Å². The zero-order valence-electron chi connectivity index (χ0n) is 27.7. The van der Waals surface area contributed by atoms with Gasteiger partial charge in [0.25, 0.3) is 0 Å². The van der Waals surface area contributed by atoms with Crippen LogP contribution in [0.5, 0.6) is 5.75 Å². The van der Waals surface area contributed by atoms with E-state index in [2.05, 4.69) is 18.3 Å². The Hall–Kier alpha value is -4.24. The summed E-state index contributed by atoms with van der Waals surface area (Å²) in [4.78, 5) is 29.0. The number of anilines is 3. The number of aromatic hydroxyl groups is 1. The normalized spacial score (nSPS) is 20.5. The second-order valence-corrected chi connectivity index (χ2v) is 12.8. The van der Waals surface area contributed by atoms with Gasteiger partial charge in [-0.15, -0.1) is 0 Å². The van der Waals surface area contributed by atoms with Crippen molar-refractivity contribution in [1.82, 2.24) is 0 Å². The molecule has 3 aromatic carbocycles. The van der Waals surface area contributed by atoms with E-state index in [4.69, 9.17) is 4.74 Å². The maximum absolute atomic E-state index is 14.0. The molecule has 248 valence electrons. The second-order valence-electron chi connectivity index (χ2n) is 12.8. The lowest BCUT2D eigenvalue weighted by molar-refractivity contribution is -0.123. The topological polar surface area (TPSA) is 119 Å². The average molecular weight is 639 g/mol. The molecule has 8 nitrogen and oxygen atoms in total. The van der Waals surface area contributed by atoms with Crippen LogP contribution in [0.1, 0.15) is 55.7 Å². The van der Waals surface area contributed by atoms with Gasteiger partial charge in [0.2, 0.25) is 11.8 Å². The van der Waals surface area contributed by atoms with Crippen LogP contribution in [0.25, 0.3) is 6.08 Å². The number of rotatable bonds is 13. The Morgan fingerprint density at radius 2 is 1.66 bits per heavy atom. The Kier molecular flexibility index (Phi) is 11.0. The lowest BCUT2D eigenvalue weighted by Gasteiger charge is -2.36. The van der Waals surface area contributed by atoms with Gasteiger partial charge in [0.05, 0.1) is 36.8 Å². The van der Waals surface area contributed by atoms with Crippen molar-refractivity contribution in [3.05, 3.63) is 100 Å². The molecule has 4 N–H and O–H groups in total. The zero-order chi connectivity index (χ0) is 33.7. The highest BCUT2D eigenvalue weighted by molar-refractivity contribution is 6.22. The van der Waals surface area contributed by atoms with E-state index in [1.54, 1.807) is 19.2 Å². The molecular weight excluding hydrogens is 592 g/mol. The van der Waals surface area contributed by atoms with Gasteiger partial charge in [-0.3, -0.25) is 14.5 Å². The number of nitrogens with one attached hydrogen (secondary N) is 1. The third kappa shape index (κ3) is 7.35. The Morgan fingerprint density at radius 3 is 2.28 bits per heavy atom. The molecule has 3 aromatic rings. The lowest BCUT2D eigenvalue weighted by atomic mass is 9.68. The Morgan fingerprint density at radius 1 is 1.00 bits per heavy atom.